The molecule has 0 bridgehead atoms. The van der Waals surface area contributed by atoms with Crippen LogP contribution >= 0.6 is 0 Å². The molecule has 1 aliphatic heterocycles. The smallest absolute Gasteiger partial charge is 0.261 e. The summed E-state index contributed by atoms with van der Waals surface area (Å²) in [4.78, 5) is 14.8. The van der Waals surface area contributed by atoms with Crippen LogP contribution in [0.1, 0.15) is 62.6 Å². The second-order valence-electron chi connectivity index (χ2n) is 8.99. The summed E-state index contributed by atoms with van der Waals surface area (Å²) in [6.45, 7) is 8.80. The maximum atomic E-state index is 13.1. The molecular formula is C25H33NO4S. The molecule has 0 aromatic heterocycles. The lowest BCUT2D eigenvalue weighted by Gasteiger charge is -2.28. The molecule has 0 unspecified atom stereocenters. The van der Waals surface area contributed by atoms with Crippen molar-refractivity contribution in [1.29, 1.82) is 0 Å². The van der Waals surface area contributed by atoms with Crippen LogP contribution in [-0.4, -0.2) is 43.4 Å². The number of benzene rings is 2. The molecule has 5 nitrogen and oxygen atoms in total. The number of ether oxygens (including phenoxy) is 1. The molecule has 1 heterocycles. The average molecular weight is 444 g/mol. The summed E-state index contributed by atoms with van der Waals surface area (Å²) in [6, 6.07) is 15.6. The Kier molecular flexibility index (Phi) is 7.42. The monoisotopic (exact) mass is 443 g/mol. The van der Waals surface area contributed by atoms with E-state index in [1.165, 1.54) is 11.1 Å². The van der Waals surface area contributed by atoms with Gasteiger partial charge in [0.15, 0.2) is 16.4 Å². The largest absolute Gasteiger partial charge is 0.484 e. The van der Waals surface area contributed by atoms with E-state index in [1.54, 1.807) is 4.90 Å². The minimum atomic E-state index is -3.10. The molecule has 2 aromatic rings. The van der Waals surface area contributed by atoms with Crippen molar-refractivity contribution in [2.24, 2.45) is 0 Å². The number of hydrogen-bond acceptors (Lipinski definition) is 4. The van der Waals surface area contributed by atoms with Gasteiger partial charge in [0, 0.05) is 12.6 Å². The maximum absolute atomic E-state index is 13.1. The number of carbonyl (C=O) groups is 1. The summed E-state index contributed by atoms with van der Waals surface area (Å²) in [5, 5.41) is 0. The van der Waals surface area contributed by atoms with Gasteiger partial charge in [-0.05, 0) is 47.1 Å². The Bertz CT molecular complexity index is 979. The SMILES string of the molecule is CC(C)c1ccc(CN(C(=O)COc2ccc(C(C)C)cc2)[C@@H]2CCS(=O)(=O)C2)cc1. The van der Waals surface area contributed by atoms with Gasteiger partial charge in [-0.2, -0.15) is 0 Å². The number of rotatable bonds is 8. The molecule has 0 aliphatic carbocycles. The Morgan fingerprint density at radius 2 is 1.52 bits per heavy atom. The fraction of sp³-hybridized carbons (Fsp3) is 0.480. The van der Waals surface area contributed by atoms with Crippen molar-refractivity contribution in [3.05, 3.63) is 65.2 Å². The molecule has 6 heteroatoms. The summed E-state index contributed by atoms with van der Waals surface area (Å²) >= 11 is 0. The highest BCUT2D eigenvalue weighted by molar-refractivity contribution is 7.91. The van der Waals surface area contributed by atoms with Crippen LogP contribution in [0.5, 0.6) is 5.75 Å². The van der Waals surface area contributed by atoms with Gasteiger partial charge in [0.05, 0.1) is 11.5 Å². The number of carbonyl (C=O) groups excluding carboxylic acids is 1. The van der Waals surface area contributed by atoms with Crippen molar-refractivity contribution in [1.82, 2.24) is 4.90 Å². The summed E-state index contributed by atoms with van der Waals surface area (Å²) in [5.41, 5.74) is 3.43. The molecule has 1 fully saturated rings. The van der Waals surface area contributed by atoms with Crippen molar-refractivity contribution in [2.45, 2.75) is 58.5 Å². The van der Waals surface area contributed by atoms with Gasteiger partial charge in [-0.15, -0.1) is 0 Å². The Morgan fingerprint density at radius 1 is 0.968 bits per heavy atom. The number of hydrogen-bond donors (Lipinski definition) is 0. The number of amides is 1. The third kappa shape index (κ3) is 6.33. The zero-order valence-electron chi connectivity index (χ0n) is 18.9. The highest BCUT2D eigenvalue weighted by Crippen LogP contribution is 2.23. The van der Waals surface area contributed by atoms with Crippen LogP contribution in [0.3, 0.4) is 0 Å². The molecule has 0 spiro atoms. The summed E-state index contributed by atoms with van der Waals surface area (Å²) in [5.74, 6) is 1.46. The summed E-state index contributed by atoms with van der Waals surface area (Å²) in [7, 11) is -3.10. The van der Waals surface area contributed by atoms with Gasteiger partial charge < -0.3 is 9.64 Å². The van der Waals surface area contributed by atoms with Crippen LogP contribution < -0.4 is 4.74 Å². The molecular weight excluding hydrogens is 410 g/mol. The van der Waals surface area contributed by atoms with Crippen molar-refractivity contribution in [3.8, 4) is 5.75 Å². The van der Waals surface area contributed by atoms with Crippen LogP contribution in [0.15, 0.2) is 48.5 Å². The van der Waals surface area contributed by atoms with Gasteiger partial charge in [-0.3, -0.25) is 4.79 Å². The van der Waals surface area contributed by atoms with Crippen LogP contribution in [0, 0.1) is 0 Å². The highest BCUT2D eigenvalue weighted by atomic mass is 32.2. The molecule has 3 rings (SSSR count). The van der Waals surface area contributed by atoms with Crippen LogP contribution in [-0.2, 0) is 21.2 Å². The first kappa shape index (κ1) is 23.3. The molecule has 31 heavy (non-hydrogen) atoms. The minimum absolute atomic E-state index is 0.0197. The number of sulfone groups is 1. The van der Waals surface area contributed by atoms with Gasteiger partial charge in [0.1, 0.15) is 5.75 Å². The molecule has 1 aliphatic rings. The van der Waals surface area contributed by atoms with Gasteiger partial charge >= 0.3 is 0 Å². The van der Waals surface area contributed by atoms with E-state index in [1.807, 2.05) is 36.4 Å². The first-order chi connectivity index (χ1) is 14.6. The Balaban J connectivity index is 1.71. The van der Waals surface area contributed by atoms with E-state index < -0.39 is 9.84 Å². The van der Waals surface area contributed by atoms with Gasteiger partial charge in [-0.25, -0.2) is 8.42 Å². The third-order valence-corrected chi connectivity index (χ3v) is 7.63. The molecule has 2 aromatic carbocycles. The number of nitrogens with zero attached hydrogens (tertiary/aromatic N) is 1. The Labute approximate surface area is 186 Å². The fourth-order valence-corrected chi connectivity index (χ4v) is 5.55. The fourth-order valence-electron chi connectivity index (χ4n) is 3.82. The van der Waals surface area contributed by atoms with E-state index in [4.69, 9.17) is 4.74 Å². The van der Waals surface area contributed by atoms with Crippen LogP contribution in [0.2, 0.25) is 0 Å². The van der Waals surface area contributed by atoms with E-state index >= 15 is 0 Å². The van der Waals surface area contributed by atoms with E-state index in [-0.39, 0.29) is 30.1 Å². The average Bonchev–Trinajstić information content (AvgIpc) is 3.10. The first-order valence-corrected chi connectivity index (χ1v) is 12.8. The zero-order chi connectivity index (χ0) is 22.6. The van der Waals surface area contributed by atoms with E-state index in [0.29, 0.717) is 30.6 Å². The van der Waals surface area contributed by atoms with Crippen molar-refractivity contribution < 1.29 is 17.9 Å². The Morgan fingerprint density at radius 3 is 2.00 bits per heavy atom. The van der Waals surface area contributed by atoms with E-state index in [0.717, 1.165) is 5.56 Å². The second-order valence-corrected chi connectivity index (χ2v) is 11.2. The minimum Gasteiger partial charge on any atom is -0.484 e. The molecule has 168 valence electrons. The summed E-state index contributed by atoms with van der Waals surface area (Å²) < 4.78 is 29.8. The Hall–Kier alpha value is -2.34. The van der Waals surface area contributed by atoms with Crippen molar-refractivity contribution >= 4 is 15.7 Å². The van der Waals surface area contributed by atoms with Crippen LogP contribution in [0.4, 0.5) is 0 Å². The molecule has 0 radical (unpaired) electrons. The molecule has 1 atom stereocenters. The molecule has 1 amide bonds. The lowest BCUT2D eigenvalue weighted by Crippen LogP contribution is -2.43. The quantitative estimate of drug-likeness (QED) is 0.601. The summed E-state index contributed by atoms with van der Waals surface area (Å²) in [6.07, 6.45) is 0.473. The predicted molar refractivity (Wildman–Crippen MR) is 124 cm³/mol. The van der Waals surface area contributed by atoms with Gasteiger partial charge in [-0.1, -0.05) is 64.1 Å². The third-order valence-electron chi connectivity index (χ3n) is 5.88. The molecule has 0 saturated carbocycles. The standard InChI is InChI=1S/C25H33NO4S/c1-18(2)21-7-5-20(6-8-21)15-26(23-13-14-31(28,29)17-23)25(27)16-30-24-11-9-22(10-12-24)19(3)4/h5-12,18-19,23H,13-17H2,1-4H3/t23-/m1/s1. The maximum Gasteiger partial charge on any atom is 0.261 e. The zero-order valence-corrected chi connectivity index (χ0v) is 19.7. The normalized spacial score (nSPS) is 17.8. The highest BCUT2D eigenvalue weighted by Gasteiger charge is 2.34. The topological polar surface area (TPSA) is 63.7 Å². The molecule has 0 N–H and O–H groups in total. The van der Waals surface area contributed by atoms with Crippen molar-refractivity contribution in [2.75, 3.05) is 18.1 Å². The lowest BCUT2D eigenvalue weighted by atomic mass is 10.0. The van der Waals surface area contributed by atoms with Gasteiger partial charge in [0.2, 0.25) is 0 Å². The van der Waals surface area contributed by atoms with E-state index in [9.17, 15) is 13.2 Å². The second kappa shape index (κ2) is 9.86. The van der Waals surface area contributed by atoms with Crippen LogP contribution in [0.25, 0.3) is 0 Å². The van der Waals surface area contributed by atoms with E-state index in [2.05, 4.69) is 39.8 Å². The van der Waals surface area contributed by atoms with Gasteiger partial charge in [0.25, 0.3) is 5.91 Å². The lowest BCUT2D eigenvalue weighted by molar-refractivity contribution is -0.136. The van der Waals surface area contributed by atoms with Crippen molar-refractivity contribution in [3.63, 3.8) is 0 Å². The predicted octanol–water partition coefficient (Wildman–Crippen LogP) is 4.53. The molecule has 1 saturated heterocycles. The first-order valence-electron chi connectivity index (χ1n) is 11.0.